The second-order valence-electron chi connectivity index (χ2n) is 3.68. The maximum absolute atomic E-state index is 11.5. The fourth-order valence-corrected chi connectivity index (χ4v) is 2.90. The number of hydrogen-bond acceptors (Lipinski definition) is 6. The van der Waals surface area contributed by atoms with Crippen LogP contribution in [0.15, 0.2) is 37.9 Å². The summed E-state index contributed by atoms with van der Waals surface area (Å²) in [5, 5.41) is 3.15. The Morgan fingerprint density at radius 2 is 2.37 bits per heavy atom. The second-order valence-corrected chi connectivity index (χ2v) is 5.25. The first-order valence-corrected chi connectivity index (χ1v) is 6.77. The van der Waals surface area contributed by atoms with Crippen LogP contribution in [0.2, 0.25) is 0 Å². The number of rotatable bonds is 1. The molecule has 1 amide bonds. The molecule has 8 heteroatoms. The number of furan rings is 1. The summed E-state index contributed by atoms with van der Waals surface area (Å²) in [5.74, 6) is 0.806. The van der Waals surface area contributed by atoms with Gasteiger partial charge in [0.15, 0.2) is 5.82 Å². The van der Waals surface area contributed by atoms with Crippen molar-refractivity contribution in [2.75, 3.05) is 7.05 Å². The van der Waals surface area contributed by atoms with Crippen LogP contribution in [0.1, 0.15) is 16.2 Å². The Labute approximate surface area is 121 Å². The quantitative estimate of drug-likeness (QED) is 0.795. The molecule has 92 valence electrons. The van der Waals surface area contributed by atoms with Crippen molar-refractivity contribution in [1.29, 1.82) is 0 Å². The normalized spacial score (nSPS) is 13.0. The topological polar surface area (TPSA) is 80.4 Å². The zero-order chi connectivity index (χ0) is 13.4. The number of fused-ring (bicyclic) bond motifs is 2. The smallest absolute Gasteiger partial charge is 0.271 e. The predicted octanol–water partition coefficient (Wildman–Crippen LogP) is 1.14. The molecule has 0 aliphatic carbocycles. The van der Waals surface area contributed by atoms with Gasteiger partial charge in [0.2, 0.25) is 16.3 Å². The summed E-state index contributed by atoms with van der Waals surface area (Å²) in [7, 11) is 1.55. The van der Waals surface area contributed by atoms with E-state index in [-0.39, 0.29) is 11.6 Å². The van der Waals surface area contributed by atoms with Gasteiger partial charge >= 0.3 is 0 Å². The van der Waals surface area contributed by atoms with E-state index in [0.717, 1.165) is 4.90 Å². The first-order valence-electron chi connectivity index (χ1n) is 5.38. The minimum atomic E-state index is -0.290. The number of nitrogens with one attached hydrogen (secondary N) is 1. The average molecular weight is 286 g/mol. The Morgan fingerprint density at radius 1 is 1.53 bits per heavy atom. The van der Waals surface area contributed by atoms with Gasteiger partial charge in [-0.15, -0.1) is 0 Å². The number of aromatic nitrogens is 2. The van der Waals surface area contributed by atoms with Crippen LogP contribution < -0.4 is 5.32 Å². The Kier molecular flexibility index (Phi) is 3.15. The summed E-state index contributed by atoms with van der Waals surface area (Å²) >= 11 is 3.92. The van der Waals surface area contributed by atoms with Crippen LogP contribution in [0, 0.1) is 0 Å². The molecule has 0 saturated heterocycles. The summed E-state index contributed by atoms with van der Waals surface area (Å²) in [6.45, 7) is 0. The van der Waals surface area contributed by atoms with E-state index in [1.807, 2.05) is 6.07 Å². The van der Waals surface area contributed by atoms with Gasteiger partial charge in [-0.1, -0.05) is 11.8 Å². The second kappa shape index (κ2) is 4.81. The van der Waals surface area contributed by atoms with Crippen LogP contribution in [-0.4, -0.2) is 43.8 Å². The van der Waals surface area contributed by atoms with Gasteiger partial charge in [-0.25, -0.2) is 15.0 Å². The minimum absolute atomic E-state index is 0.238. The molecule has 0 fully saturated rings. The van der Waals surface area contributed by atoms with Crippen molar-refractivity contribution in [3.8, 4) is 0 Å². The number of aliphatic imine (C=N–C) groups is 1. The van der Waals surface area contributed by atoms with Crippen LogP contribution in [0.3, 0.4) is 0 Å². The molecule has 0 bridgehead atoms. The summed E-state index contributed by atoms with van der Waals surface area (Å²) in [6.07, 6.45) is 3.04. The lowest BCUT2D eigenvalue weighted by Gasteiger charge is -2.03. The van der Waals surface area contributed by atoms with E-state index in [2.05, 4.69) is 36.6 Å². The Balaban J connectivity index is 2.12. The molecular formula is C11H7AlN4O2S. The van der Waals surface area contributed by atoms with E-state index in [1.54, 1.807) is 13.3 Å². The highest BCUT2D eigenvalue weighted by Gasteiger charge is 2.20. The van der Waals surface area contributed by atoms with Gasteiger partial charge in [0.25, 0.3) is 5.91 Å². The number of nitrogens with zero attached hydrogens (tertiary/aromatic N) is 3. The minimum Gasteiger partial charge on any atom is -0.464 e. The first-order chi connectivity index (χ1) is 9.19. The monoisotopic (exact) mass is 286 g/mol. The molecule has 1 aliphatic rings. The van der Waals surface area contributed by atoms with Gasteiger partial charge in [-0.2, -0.15) is 0 Å². The van der Waals surface area contributed by atoms with Gasteiger partial charge < -0.3 is 9.73 Å². The Hall–Kier alpha value is -1.62. The lowest BCUT2D eigenvalue weighted by Crippen LogP contribution is -2.19. The predicted molar refractivity (Wildman–Crippen MR) is 70.2 cm³/mol. The van der Waals surface area contributed by atoms with Crippen molar-refractivity contribution in [3.63, 3.8) is 0 Å². The third-order valence-corrected chi connectivity index (χ3v) is 3.89. The number of carbonyl (C=O) groups excluding carboxylic acids is 1. The van der Waals surface area contributed by atoms with Crippen LogP contribution in [0.5, 0.6) is 0 Å². The number of amides is 1. The molecule has 1 N–H and O–H groups in total. The van der Waals surface area contributed by atoms with Crippen molar-refractivity contribution >= 4 is 44.4 Å². The van der Waals surface area contributed by atoms with E-state index in [1.165, 1.54) is 18.0 Å². The van der Waals surface area contributed by atoms with Gasteiger partial charge in [0.1, 0.15) is 16.5 Å². The van der Waals surface area contributed by atoms with Gasteiger partial charge in [-0.05, 0) is 10.6 Å². The largest absolute Gasteiger partial charge is 0.464 e. The van der Waals surface area contributed by atoms with Crippen molar-refractivity contribution in [1.82, 2.24) is 15.3 Å². The van der Waals surface area contributed by atoms with Crippen molar-refractivity contribution in [3.05, 3.63) is 30.0 Å². The van der Waals surface area contributed by atoms with E-state index >= 15 is 0 Å². The zero-order valence-electron chi connectivity index (χ0n) is 9.88. The summed E-state index contributed by atoms with van der Waals surface area (Å²) < 4.78 is 6.00. The lowest BCUT2D eigenvalue weighted by molar-refractivity contribution is 0.0957. The molecule has 19 heavy (non-hydrogen) atoms. The molecule has 2 aromatic rings. The van der Waals surface area contributed by atoms with Crippen molar-refractivity contribution < 1.29 is 9.21 Å². The Bertz CT molecular complexity index is 698. The average Bonchev–Trinajstić information content (AvgIpc) is 2.83. The van der Waals surface area contributed by atoms with Gasteiger partial charge in [0.05, 0.1) is 17.4 Å². The third kappa shape index (κ3) is 2.18. The maximum atomic E-state index is 11.5. The highest BCUT2D eigenvalue weighted by atomic mass is 32.2. The van der Waals surface area contributed by atoms with E-state index in [4.69, 9.17) is 4.42 Å². The summed E-state index contributed by atoms with van der Waals surface area (Å²) in [5.41, 5.74) is 0.238. The summed E-state index contributed by atoms with van der Waals surface area (Å²) in [6, 6.07) is 1.85. The van der Waals surface area contributed by atoms with Crippen LogP contribution in [0.25, 0.3) is 0 Å². The molecule has 2 radical (unpaired) electrons. The molecule has 0 atom stereocenters. The third-order valence-electron chi connectivity index (χ3n) is 2.48. The molecule has 0 spiro atoms. The molecule has 0 saturated carbocycles. The standard InChI is InChI=1S/C11H7N4O2S.Al/c1-12-10(16)6-4-14-11-9(15-6)13-5-7-8(18-11)2-3-17-7;/h2-4H,1H3,(H,12,16);. The highest BCUT2D eigenvalue weighted by molar-refractivity contribution is 7.99. The molecule has 3 rings (SSSR count). The SMILES string of the molecule is CNC(=O)c1cnc2c(n1)N=[C]([Al])c1occc1S2. The Morgan fingerprint density at radius 3 is 3.16 bits per heavy atom. The maximum Gasteiger partial charge on any atom is 0.271 e. The molecule has 3 heterocycles. The van der Waals surface area contributed by atoms with E-state index in [0.29, 0.717) is 21.2 Å². The van der Waals surface area contributed by atoms with Crippen LogP contribution in [-0.2, 0) is 0 Å². The van der Waals surface area contributed by atoms with Crippen molar-refractivity contribution in [2.24, 2.45) is 4.99 Å². The fourth-order valence-electron chi connectivity index (χ4n) is 1.58. The van der Waals surface area contributed by atoms with E-state index < -0.39 is 0 Å². The van der Waals surface area contributed by atoms with Crippen molar-refractivity contribution in [2.45, 2.75) is 9.92 Å². The molecule has 2 aromatic heterocycles. The summed E-state index contributed by atoms with van der Waals surface area (Å²) in [4.78, 5) is 25.3. The van der Waals surface area contributed by atoms with Crippen LogP contribution >= 0.6 is 11.8 Å². The van der Waals surface area contributed by atoms with Gasteiger partial charge in [0, 0.05) is 7.05 Å². The lowest BCUT2D eigenvalue weighted by atomic mass is 10.4. The first kappa shape index (κ1) is 12.4. The molecule has 1 aliphatic heterocycles. The van der Waals surface area contributed by atoms with E-state index in [9.17, 15) is 4.79 Å². The molecular weight excluding hydrogens is 279 g/mol. The molecule has 0 unspecified atom stereocenters. The number of hydrogen-bond donors (Lipinski definition) is 1. The zero-order valence-corrected chi connectivity index (χ0v) is 11.8. The molecule has 6 nitrogen and oxygen atoms in total. The molecule has 0 aromatic carbocycles. The van der Waals surface area contributed by atoms with Crippen LogP contribution in [0.4, 0.5) is 5.82 Å². The number of carbonyl (C=O) groups is 1. The van der Waals surface area contributed by atoms with Gasteiger partial charge in [-0.3, -0.25) is 4.79 Å². The highest BCUT2D eigenvalue weighted by Crippen LogP contribution is 2.37. The fraction of sp³-hybridized carbons (Fsp3) is 0.0909.